The molecule has 0 aliphatic heterocycles. The van der Waals surface area contributed by atoms with E-state index in [0.717, 1.165) is 12.1 Å². The summed E-state index contributed by atoms with van der Waals surface area (Å²) in [5.74, 6) is -2.22. The van der Waals surface area contributed by atoms with Gasteiger partial charge in [-0.25, -0.2) is 0 Å². The highest BCUT2D eigenvalue weighted by atomic mass is 19.4. The minimum absolute atomic E-state index is 0.0609. The summed E-state index contributed by atoms with van der Waals surface area (Å²) in [6.07, 6.45) is -5.32. The first-order chi connectivity index (χ1) is 8.20. The van der Waals surface area contributed by atoms with Crippen molar-refractivity contribution >= 4 is 23.3 Å². The number of carbonyl (C=O) groups is 2. The molecule has 0 radical (unpaired) electrons. The van der Waals surface area contributed by atoms with E-state index in [2.05, 4.69) is 5.32 Å². The van der Waals surface area contributed by atoms with Gasteiger partial charge in [-0.3, -0.25) is 9.59 Å². The van der Waals surface area contributed by atoms with Gasteiger partial charge in [-0.15, -0.1) is 0 Å². The second-order valence-corrected chi connectivity index (χ2v) is 3.42. The smallest absolute Gasteiger partial charge is 0.416 e. The number of carboxylic acid groups (broad SMARTS) is 1. The number of amides is 1. The quantitative estimate of drug-likeness (QED) is 0.571. The van der Waals surface area contributed by atoms with Crippen LogP contribution in [0.1, 0.15) is 12.0 Å². The van der Waals surface area contributed by atoms with Crippen LogP contribution in [-0.2, 0) is 15.8 Å². The number of hydrogen-bond acceptors (Lipinski definition) is 3. The molecule has 18 heavy (non-hydrogen) atoms. The minimum Gasteiger partial charge on any atom is -0.481 e. The number of nitrogens with two attached hydrogens (primary N) is 1. The topological polar surface area (TPSA) is 92.4 Å². The molecule has 1 aromatic rings. The second kappa shape index (κ2) is 4.94. The summed E-state index contributed by atoms with van der Waals surface area (Å²) in [5.41, 5.74) is 4.04. The number of alkyl halides is 3. The lowest BCUT2D eigenvalue weighted by Crippen LogP contribution is -2.17. The normalized spacial score (nSPS) is 11.1. The van der Waals surface area contributed by atoms with E-state index in [1.54, 1.807) is 0 Å². The molecule has 1 amide bonds. The van der Waals surface area contributed by atoms with Gasteiger partial charge in [0.25, 0.3) is 0 Å². The van der Waals surface area contributed by atoms with Crippen molar-refractivity contribution in [1.29, 1.82) is 0 Å². The van der Waals surface area contributed by atoms with E-state index >= 15 is 0 Å². The van der Waals surface area contributed by atoms with Crippen LogP contribution in [-0.4, -0.2) is 17.0 Å². The Morgan fingerprint density at radius 1 is 1.33 bits per heavy atom. The molecular weight excluding hydrogens is 253 g/mol. The summed E-state index contributed by atoms with van der Waals surface area (Å²) < 4.78 is 36.9. The van der Waals surface area contributed by atoms with Gasteiger partial charge in [0.05, 0.1) is 16.9 Å². The van der Waals surface area contributed by atoms with Gasteiger partial charge in [0.2, 0.25) is 5.91 Å². The Labute approximate surface area is 99.4 Å². The fourth-order valence-corrected chi connectivity index (χ4v) is 1.18. The number of nitrogens with one attached hydrogen (secondary N) is 1. The van der Waals surface area contributed by atoms with Gasteiger partial charge in [0.1, 0.15) is 6.42 Å². The molecule has 0 spiro atoms. The van der Waals surface area contributed by atoms with E-state index in [1.165, 1.54) is 0 Å². The molecule has 0 fully saturated rings. The van der Waals surface area contributed by atoms with Crippen molar-refractivity contribution in [1.82, 2.24) is 0 Å². The standard InChI is InChI=1S/C10H9F3N2O3/c11-10(12,13)5-1-2-7(6(14)3-5)15-8(16)4-9(17)18/h1-3H,4,14H2,(H,15,16)(H,17,18). The maximum Gasteiger partial charge on any atom is 0.416 e. The molecule has 4 N–H and O–H groups in total. The predicted molar refractivity (Wildman–Crippen MR) is 56.7 cm³/mol. The first kappa shape index (κ1) is 13.8. The Balaban J connectivity index is 2.87. The summed E-state index contributed by atoms with van der Waals surface area (Å²) in [5, 5.41) is 10.4. The van der Waals surface area contributed by atoms with Crippen LogP contribution in [0.25, 0.3) is 0 Å². The molecule has 0 unspecified atom stereocenters. The highest BCUT2D eigenvalue weighted by Gasteiger charge is 2.30. The summed E-state index contributed by atoms with van der Waals surface area (Å²) >= 11 is 0. The number of benzene rings is 1. The molecular formula is C10H9F3N2O3. The molecule has 0 atom stereocenters. The van der Waals surface area contributed by atoms with Crippen molar-refractivity contribution in [3.05, 3.63) is 23.8 Å². The number of carbonyl (C=O) groups excluding carboxylic acids is 1. The molecule has 0 aliphatic rings. The molecule has 1 aromatic carbocycles. The molecule has 1 rings (SSSR count). The molecule has 0 saturated carbocycles. The van der Waals surface area contributed by atoms with E-state index < -0.39 is 30.0 Å². The number of aliphatic carboxylic acids is 1. The van der Waals surface area contributed by atoms with Crippen molar-refractivity contribution in [2.24, 2.45) is 0 Å². The average Bonchev–Trinajstić information content (AvgIpc) is 2.18. The summed E-state index contributed by atoms with van der Waals surface area (Å²) in [6.45, 7) is 0. The summed E-state index contributed by atoms with van der Waals surface area (Å²) in [4.78, 5) is 21.3. The molecule has 98 valence electrons. The van der Waals surface area contributed by atoms with Crippen LogP contribution in [0.2, 0.25) is 0 Å². The minimum atomic E-state index is -4.53. The van der Waals surface area contributed by atoms with Gasteiger partial charge in [-0.2, -0.15) is 13.2 Å². The van der Waals surface area contributed by atoms with E-state index in [0.29, 0.717) is 6.07 Å². The maximum atomic E-state index is 12.3. The monoisotopic (exact) mass is 262 g/mol. The van der Waals surface area contributed by atoms with Crippen molar-refractivity contribution in [3.8, 4) is 0 Å². The average molecular weight is 262 g/mol. The lowest BCUT2D eigenvalue weighted by molar-refractivity contribution is -0.140. The van der Waals surface area contributed by atoms with Gasteiger partial charge >= 0.3 is 12.1 Å². The fourth-order valence-electron chi connectivity index (χ4n) is 1.18. The number of halogens is 3. The Hall–Kier alpha value is -2.25. The zero-order valence-electron chi connectivity index (χ0n) is 8.91. The number of carboxylic acids is 1. The number of nitrogen functional groups attached to an aromatic ring is 1. The number of hydrogen-bond donors (Lipinski definition) is 3. The Morgan fingerprint density at radius 2 is 1.94 bits per heavy atom. The molecule has 0 aromatic heterocycles. The molecule has 5 nitrogen and oxygen atoms in total. The van der Waals surface area contributed by atoms with E-state index in [-0.39, 0.29) is 11.4 Å². The second-order valence-electron chi connectivity index (χ2n) is 3.42. The molecule has 0 aliphatic carbocycles. The molecule has 0 heterocycles. The van der Waals surface area contributed by atoms with Crippen LogP contribution in [0, 0.1) is 0 Å². The summed E-state index contributed by atoms with van der Waals surface area (Å²) in [6, 6.07) is 2.38. The predicted octanol–water partition coefficient (Wildman–Crippen LogP) is 1.70. The Kier molecular flexibility index (Phi) is 3.79. The fraction of sp³-hybridized carbons (Fsp3) is 0.200. The highest BCUT2D eigenvalue weighted by Crippen LogP contribution is 2.32. The SMILES string of the molecule is Nc1cc(C(F)(F)F)ccc1NC(=O)CC(=O)O. The van der Waals surface area contributed by atoms with Crippen molar-refractivity contribution in [3.63, 3.8) is 0 Å². The van der Waals surface area contributed by atoms with Crippen LogP contribution in [0.4, 0.5) is 24.5 Å². The third-order valence-corrected chi connectivity index (χ3v) is 1.96. The van der Waals surface area contributed by atoms with Gasteiger partial charge in [-0.1, -0.05) is 0 Å². The van der Waals surface area contributed by atoms with Gasteiger partial charge < -0.3 is 16.2 Å². The number of rotatable bonds is 3. The summed E-state index contributed by atoms with van der Waals surface area (Å²) in [7, 11) is 0. The Morgan fingerprint density at radius 3 is 2.39 bits per heavy atom. The van der Waals surface area contributed by atoms with Crippen molar-refractivity contribution < 1.29 is 27.9 Å². The van der Waals surface area contributed by atoms with Crippen molar-refractivity contribution in [2.75, 3.05) is 11.1 Å². The molecule has 0 bridgehead atoms. The van der Waals surface area contributed by atoms with Crippen molar-refractivity contribution in [2.45, 2.75) is 12.6 Å². The first-order valence-corrected chi connectivity index (χ1v) is 4.68. The zero-order chi connectivity index (χ0) is 13.9. The van der Waals surface area contributed by atoms with Crippen LogP contribution in [0.3, 0.4) is 0 Å². The van der Waals surface area contributed by atoms with Gasteiger partial charge in [0.15, 0.2) is 0 Å². The third-order valence-electron chi connectivity index (χ3n) is 1.96. The zero-order valence-corrected chi connectivity index (χ0v) is 8.91. The van der Waals surface area contributed by atoms with Crippen LogP contribution >= 0.6 is 0 Å². The van der Waals surface area contributed by atoms with Crippen LogP contribution in [0.15, 0.2) is 18.2 Å². The third kappa shape index (κ3) is 3.65. The molecule has 0 saturated heterocycles. The van der Waals surface area contributed by atoms with E-state index in [1.807, 2.05) is 0 Å². The highest BCUT2D eigenvalue weighted by molar-refractivity contribution is 6.02. The Bertz CT molecular complexity index is 486. The van der Waals surface area contributed by atoms with Gasteiger partial charge in [0, 0.05) is 0 Å². The lowest BCUT2D eigenvalue weighted by atomic mass is 10.1. The van der Waals surface area contributed by atoms with Gasteiger partial charge in [-0.05, 0) is 18.2 Å². The molecule has 8 heteroatoms. The number of anilines is 2. The first-order valence-electron chi connectivity index (χ1n) is 4.68. The van der Waals surface area contributed by atoms with E-state index in [4.69, 9.17) is 10.8 Å². The van der Waals surface area contributed by atoms with E-state index in [9.17, 15) is 22.8 Å². The lowest BCUT2D eigenvalue weighted by Gasteiger charge is -2.11. The largest absolute Gasteiger partial charge is 0.481 e. The van der Waals surface area contributed by atoms with Crippen LogP contribution < -0.4 is 11.1 Å². The van der Waals surface area contributed by atoms with Crippen LogP contribution in [0.5, 0.6) is 0 Å². The maximum absolute atomic E-state index is 12.3.